The van der Waals surface area contributed by atoms with Crippen LogP contribution in [0.25, 0.3) is 10.9 Å². The van der Waals surface area contributed by atoms with Crippen molar-refractivity contribution >= 4 is 16.8 Å². The molecule has 0 radical (unpaired) electrons. The van der Waals surface area contributed by atoms with Crippen molar-refractivity contribution in [3.05, 3.63) is 69.9 Å². The lowest BCUT2D eigenvalue weighted by Gasteiger charge is -2.22. The van der Waals surface area contributed by atoms with Crippen molar-refractivity contribution in [2.75, 3.05) is 20.6 Å². The number of hydrogen-bond donors (Lipinski definition) is 2. The van der Waals surface area contributed by atoms with Crippen molar-refractivity contribution in [2.45, 2.75) is 13.0 Å². The first-order valence-corrected chi connectivity index (χ1v) is 8.07. The highest BCUT2D eigenvalue weighted by atomic mass is 16.3. The minimum Gasteiger partial charge on any atom is -0.468 e. The highest BCUT2D eigenvalue weighted by Gasteiger charge is 2.19. The first kappa shape index (κ1) is 17.0. The number of pyridine rings is 1. The molecule has 0 saturated heterocycles. The van der Waals surface area contributed by atoms with E-state index in [2.05, 4.69) is 10.3 Å². The average molecular weight is 339 g/mol. The molecule has 2 heterocycles. The number of rotatable bonds is 5. The van der Waals surface area contributed by atoms with E-state index in [0.29, 0.717) is 17.6 Å². The molecular weight excluding hydrogens is 318 g/mol. The molecule has 3 rings (SSSR count). The van der Waals surface area contributed by atoms with Crippen LogP contribution in [0, 0.1) is 6.92 Å². The largest absolute Gasteiger partial charge is 0.468 e. The van der Waals surface area contributed by atoms with Crippen LogP contribution < -0.4 is 10.9 Å². The fourth-order valence-electron chi connectivity index (χ4n) is 2.86. The second-order valence-corrected chi connectivity index (χ2v) is 6.30. The summed E-state index contributed by atoms with van der Waals surface area (Å²) in [6.45, 7) is 2.32. The zero-order valence-corrected chi connectivity index (χ0v) is 14.5. The summed E-state index contributed by atoms with van der Waals surface area (Å²) in [5, 5.41) is 3.65. The quantitative estimate of drug-likeness (QED) is 0.748. The molecule has 2 aromatic heterocycles. The lowest BCUT2D eigenvalue weighted by Crippen LogP contribution is -2.34. The van der Waals surface area contributed by atoms with Crippen LogP contribution in [-0.4, -0.2) is 36.4 Å². The molecule has 1 aromatic carbocycles. The maximum atomic E-state index is 12.7. The van der Waals surface area contributed by atoms with Gasteiger partial charge in [0.2, 0.25) is 5.56 Å². The zero-order valence-electron chi connectivity index (χ0n) is 14.5. The normalized spacial score (nSPS) is 12.5. The molecule has 0 spiro atoms. The molecule has 3 aromatic rings. The molecular formula is C19H21N3O3. The van der Waals surface area contributed by atoms with Crippen LogP contribution in [-0.2, 0) is 0 Å². The van der Waals surface area contributed by atoms with Crippen molar-refractivity contribution in [3.8, 4) is 0 Å². The number of furan rings is 1. The number of amides is 1. The molecule has 0 unspecified atom stereocenters. The smallest absolute Gasteiger partial charge is 0.252 e. The minimum atomic E-state index is -0.295. The van der Waals surface area contributed by atoms with Gasteiger partial charge in [-0.25, -0.2) is 0 Å². The Morgan fingerprint density at radius 1 is 1.28 bits per heavy atom. The molecule has 0 fully saturated rings. The molecule has 0 aliphatic carbocycles. The van der Waals surface area contributed by atoms with Crippen molar-refractivity contribution < 1.29 is 9.21 Å². The number of nitrogens with zero attached hydrogens (tertiary/aromatic N) is 1. The van der Waals surface area contributed by atoms with E-state index in [1.807, 2.05) is 56.3 Å². The molecule has 1 amide bonds. The Morgan fingerprint density at radius 3 is 2.76 bits per heavy atom. The van der Waals surface area contributed by atoms with E-state index in [-0.39, 0.29) is 17.5 Å². The highest BCUT2D eigenvalue weighted by molar-refractivity contribution is 6.06. The van der Waals surface area contributed by atoms with E-state index in [0.717, 1.165) is 16.7 Å². The van der Waals surface area contributed by atoms with E-state index in [4.69, 9.17) is 4.42 Å². The highest BCUT2D eigenvalue weighted by Crippen LogP contribution is 2.19. The second-order valence-electron chi connectivity index (χ2n) is 6.30. The van der Waals surface area contributed by atoms with Gasteiger partial charge in [-0.15, -0.1) is 0 Å². The minimum absolute atomic E-state index is 0.0889. The van der Waals surface area contributed by atoms with E-state index in [9.17, 15) is 9.59 Å². The topological polar surface area (TPSA) is 78.3 Å². The van der Waals surface area contributed by atoms with Gasteiger partial charge in [-0.1, -0.05) is 11.6 Å². The Balaban J connectivity index is 1.87. The number of aryl methyl sites for hydroxylation is 1. The number of hydrogen-bond acceptors (Lipinski definition) is 4. The lowest BCUT2D eigenvalue weighted by molar-refractivity contribution is 0.0940. The van der Waals surface area contributed by atoms with Gasteiger partial charge in [0.15, 0.2) is 0 Å². The number of carbonyl (C=O) groups excluding carboxylic acids is 1. The molecule has 0 saturated carbocycles. The summed E-state index contributed by atoms with van der Waals surface area (Å²) < 4.78 is 5.45. The molecule has 130 valence electrons. The third-order valence-electron chi connectivity index (χ3n) is 4.19. The number of benzene rings is 1. The van der Waals surface area contributed by atoms with Crippen LogP contribution in [0.5, 0.6) is 0 Å². The molecule has 0 aliphatic rings. The van der Waals surface area contributed by atoms with Crippen molar-refractivity contribution in [2.24, 2.45) is 0 Å². The number of carbonyl (C=O) groups is 1. The van der Waals surface area contributed by atoms with Gasteiger partial charge in [-0.2, -0.15) is 0 Å². The maximum Gasteiger partial charge on any atom is 0.252 e. The lowest BCUT2D eigenvalue weighted by atomic mass is 10.1. The van der Waals surface area contributed by atoms with E-state index in [1.165, 1.54) is 6.07 Å². The Labute approximate surface area is 145 Å². The number of fused-ring (bicyclic) bond motifs is 1. The Bertz CT molecular complexity index is 942. The maximum absolute atomic E-state index is 12.7. The number of likely N-dealkylation sites (N-methyl/N-ethyl adjacent to an activating group) is 1. The molecule has 0 aliphatic heterocycles. The van der Waals surface area contributed by atoms with Gasteiger partial charge >= 0.3 is 0 Å². The van der Waals surface area contributed by atoms with Crippen LogP contribution in [0.3, 0.4) is 0 Å². The van der Waals surface area contributed by atoms with Gasteiger partial charge < -0.3 is 14.7 Å². The first-order valence-electron chi connectivity index (χ1n) is 8.07. The Morgan fingerprint density at radius 2 is 2.08 bits per heavy atom. The molecule has 6 nitrogen and oxygen atoms in total. The summed E-state index contributed by atoms with van der Waals surface area (Å²) in [6, 6.07) is 10.6. The Hall–Kier alpha value is -2.86. The third kappa shape index (κ3) is 3.64. The third-order valence-corrected chi connectivity index (χ3v) is 4.19. The summed E-state index contributed by atoms with van der Waals surface area (Å²) in [6.07, 6.45) is 1.61. The fourth-order valence-corrected chi connectivity index (χ4v) is 2.86. The summed E-state index contributed by atoms with van der Waals surface area (Å²) >= 11 is 0. The molecule has 2 N–H and O–H groups in total. The van der Waals surface area contributed by atoms with Gasteiger partial charge in [0, 0.05) is 23.5 Å². The van der Waals surface area contributed by atoms with Gasteiger partial charge in [0.05, 0.1) is 17.9 Å². The van der Waals surface area contributed by atoms with Gasteiger partial charge in [0.25, 0.3) is 5.91 Å². The van der Waals surface area contributed by atoms with Crippen molar-refractivity contribution in [1.29, 1.82) is 0 Å². The molecule has 25 heavy (non-hydrogen) atoms. The fraction of sp³-hybridized carbons (Fsp3) is 0.263. The van der Waals surface area contributed by atoms with Gasteiger partial charge in [0.1, 0.15) is 5.76 Å². The number of aromatic amines is 1. The zero-order chi connectivity index (χ0) is 18.0. The van der Waals surface area contributed by atoms with E-state index >= 15 is 0 Å². The van der Waals surface area contributed by atoms with Gasteiger partial charge in [-0.05, 0) is 45.3 Å². The van der Waals surface area contributed by atoms with Crippen LogP contribution in [0.2, 0.25) is 0 Å². The standard InChI is InChI=1S/C19H21N3O3/c1-12-6-7-15-13(9-12)14(10-18(23)21-15)19(24)20-11-16(22(2)3)17-5-4-8-25-17/h4-10,16H,11H2,1-3H3,(H,20,24)(H,21,23)/t16-/m1/s1. The number of H-pyrrole nitrogens is 1. The first-order chi connectivity index (χ1) is 12.0. The molecule has 0 bridgehead atoms. The van der Waals surface area contributed by atoms with Crippen molar-refractivity contribution in [1.82, 2.24) is 15.2 Å². The monoisotopic (exact) mass is 339 g/mol. The summed E-state index contributed by atoms with van der Waals surface area (Å²) in [4.78, 5) is 29.3. The molecule has 6 heteroatoms. The second kappa shape index (κ2) is 6.94. The predicted molar refractivity (Wildman–Crippen MR) is 96.8 cm³/mol. The number of aromatic nitrogens is 1. The Kier molecular flexibility index (Phi) is 4.72. The predicted octanol–water partition coefficient (Wildman–Crippen LogP) is 2.46. The molecule has 1 atom stereocenters. The average Bonchev–Trinajstić information content (AvgIpc) is 3.08. The van der Waals surface area contributed by atoms with Crippen LogP contribution in [0.15, 0.2) is 51.9 Å². The number of nitrogens with one attached hydrogen (secondary N) is 2. The summed E-state index contributed by atoms with van der Waals surface area (Å²) in [7, 11) is 3.84. The van der Waals surface area contributed by atoms with Crippen LogP contribution in [0.4, 0.5) is 0 Å². The van der Waals surface area contributed by atoms with Crippen LogP contribution in [0.1, 0.15) is 27.7 Å². The summed E-state index contributed by atoms with van der Waals surface area (Å²) in [5.74, 6) is 0.497. The van der Waals surface area contributed by atoms with E-state index < -0.39 is 0 Å². The van der Waals surface area contributed by atoms with Crippen LogP contribution >= 0.6 is 0 Å². The van der Waals surface area contributed by atoms with Gasteiger partial charge in [-0.3, -0.25) is 14.5 Å². The van der Waals surface area contributed by atoms with E-state index in [1.54, 1.807) is 6.26 Å². The SMILES string of the molecule is Cc1ccc2[nH]c(=O)cc(C(=O)NC[C@H](c3ccco3)N(C)C)c2c1. The van der Waals surface area contributed by atoms with Crippen molar-refractivity contribution in [3.63, 3.8) is 0 Å². The summed E-state index contributed by atoms with van der Waals surface area (Å²) in [5.41, 5.74) is 1.75.